The molecule has 1 heterocycles. The summed E-state index contributed by atoms with van der Waals surface area (Å²) >= 11 is 0. The smallest absolute Gasteiger partial charge is 0.225 e. The first kappa shape index (κ1) is 29.7. The fraction of sp³-hybridized carbons (Fsp3) is 0.800. The molecule has 0 aromatic rings. The van der Waals surface area contributed by atoms with Gasteiger partial charge in [0.2, 0.25) is 23.6 Å². The van der Waals surface area contributed by atoms with Crippen molar-refractivity contribution in [1.82, 2.24) is 20.9 Å². The summed E-state index contributed by atoms with van der Waals surface area (Å²) in [6.07, 6.45) is 4.65. The van der Waals surface area contributed by atoms with E-state index in [4.69, 9.17) is 9.47 Å². The molecule has 1 aliphatic carbocycles. The van der Waals surface area contributed by atoms with Crippen LogP contribution in [0.2, 0.25) is 0 Å². The molecule has 1 atom stereocenters. The predicted octanol–water partition coefficient (Wildman–Crippen LogP) is 0.165. The summed E-state index contributed by atoms with van der Waals surface area (Å²) in [5.41, 5.74) is 0. The Morgan fingerprint density at radius 2 is 1.56 bits per heavy atom. The molecule has 2 rings (SSSR count). The van der Waals surface area contributed by atoms with Gasteiger partial charge in [-0.1, -0.05) is 6.92 Å². The normalized spacial score (nSPS) is 21.8. The Bertz CT molecular complexity index is 753. The molecule has 1 saturated heterocycles. The number of hydrogen-bond acceptors (Lipinski definition) is 7. The molecule has 204 valence electrons. The Kier molecular flexibility index (Phi) is 13.4. The van der Waals surface area contributed by atoms with Gasteiger partial charge in [0.1, 0.15) is 5.78 Å². The molecule has 2 aliphatic rings. The number of carbonyl (C=O) groups excluding carboxylic acids is 5. The summed E-state index contributed by atoms with van der Waals surface area (Å²) in [7, 11) is 1.67. The molecule has 2 fully saturated rings. The predicted molar refractivity (Wildman–Crippen MR) is 132 cm³/mol. The molecular weight excluding hydrogens is 468 g/mol. The number of likely N-dealkylation sites (tertiary alicyclic amines) is 1. The van der Waals surface area contributed by atoms with E-state index >= 15 is 0 Å². The molecule has 0 aromatic carbocycles. The van der Waals surface area contributed by atoms with E-state index in [0.29, 0.717) is 51.7 Å². The van der Waals surface area contributed by atoms with Crippen molar-refractivity contribution >= 4 is 29.4 Å². The highest BCUT2D eigenvalue weighted by atomic mass is 16.5. The van der Waals surface area contributed by atoms with Crippen LogP contribution < -0.4 is 16.0 Å². The fourth-order valence-corrected chi connectivity index (χ4v) is 4.47. The van der Waals surface area contributed by atoms with Crippen molar-refractivity contribution in [1.29, 1.82) is 0 Å². The number of nitrogens with one attached hydrogen (secondary N) is 3. The molecule has 1 aliphatic heterocycles. The molecule has 0 radical (unpaired) electrons. The van der Waals surface area contributed by atoms with Crippen LogP contribution in [-0.2, 0) is 33.4 Å². The Balaban J connectivity index is 1.37. The summed E-state index contributed by atoms with van der Waals surface area (Å²) < 4.78 is 10.8. The molecule has 11 heteroatoms. The quantitative estimate of drug-likeness (QED) is 0.251. The van der Waals surface area contributed by atoms with Gasteiger partial charge in [-0.3, -0.25) is 24.0 Å². The second kappa shape index (κ2) is 16.3. The average Bonchev–Trinajstić information content (AvgIpc) is 3.21. The first-order chi connectivity index (χ1) is 17.3. The maximum absolute atomic E-state index is 12.1. The topological polar surface area (TPSA) is 143 Å². The van der Waals surface area contributed by atoms with Crippen molar-refractivity contribution in [3.63, 3.8) is 0 Å². The van der Waals surface area contributed by atoms with Crippen LogP contribution in [0.3, 0.4) is 0 Å². The molecule has 1 saturated carbocycles. The van der Waals surface area contributed by atoms with E-state index in [9.17, 15) is 24.0 Å². The van der Waals surface area contributed by atoms with Gasteiger partial charge in [-0.15, -0.1) is 0 Å². The van der Waals surface area contributed by atoms with Crippen LogP contribution in [0.1, 0.15) is 58.3 Å². The minimum absolute atomic E-state index is 0.0378. The number of rotatable bonds is 16. The van der Waals surface area contributed by atoms with E-state index in [1.165, 1.54) is 4.90 Å². The van der Waals surface area contributed by atoms with Gasteiger partial charge in [-0.25, -0.2) is 0 Å². The van der Waals surface area contributed by atoms with Gasteiger partial charge in [0.25, 0.3) is 0 Å². The third-order valence-electron chi connectivity index (χ3n) is 6.67. The molecule has 11 nitrogen and oxygen atoms in total. The number of carbonyl (C=O) groups is 5. The third-order valence-corrected chi connectivity index (χ3v) is 6.67. The summed E-state index contributed by atoms with van der Waals surface area (Å²) in [6.45, 7) is 4.25. The first-order valence-corrected chi connectivity index (χ1v) is 13.1. The molecule has 1 unspecified atom stereocenters. The first-order valence-electron chi connectivity index (χ1n) is 13.1. The zero-order chi connectivity index (χ0) is 26.3. The maximum atomic E-state index is 12.1. The fourth-order valence-electron chi connectivity index (χ4n) is 4.47. The second-order valence-electron chi connectivity index (χ2n) is 9.48. The lowest BCUT2D eigenvalue weighted by molar-refractivity contribution is -0.128. The second-order valence-corrected chi connectivity index (χ2v) is 9.48. The zero-order valence-electron chi connectivity index (χ0n) is 21.6. The molecule has 0 bridgehead atoms. The van der Waals surface area contributed by atoms with Gasteiger partial charge in [0, 0.05) is 64.3 Å². The molecule has 0 spiro atoms. The maximum Gasteiger partial charge on any atom is 0.225 e. The summed E-state index contributed by atoms with van der Waals surface area (Å²) in [4.78, 5) is 60.7. The van der Waals surface area contributed by atoms with Crippen LogP contribution >= 0.6 is 0 Å². The molecular formula is C25H42N4O7. The Morgan fingerprint density at radius 1 is 0.861 bits per heavy atom. The van der Waals surface area contributed by atoms with Gasteiger partial charge in [-0.05, 0) is 25.7 Å². The van der Waals surface area contributed by atoms with Crippen molar-refractivity contribution in [3.8, 4) is 0 Å². The average molecular weight is 511 g/mol. The van der Waals surface area contributed by atoms with Gasteiger partial charge in [0.15, 0.2) is 0 Å². The van der Waals surface area contributed by atoms with E-state index < -0.39 is 0 Å². The highest BCUT2D eigenvalue weighted by Gasteiger charge is 2.31. The monoisotopic (exact) mass is 510 g/mol. The SMILES string of the molecule is CCC(=O)C1CCC(NC(=O)CCOCCOCCNC(=O)CCNC(=O)C2CC(=O)N(C)C2)CC1. The Labute approximate surface area is 213 Å². The van der Waals surface area contributed by atoms with Gasteiger partial charge >= 0.3 is 0 Å². The van der Waals surface area contributed by atoms with Gasteiger partial charge in [-0.2, -0.15) is 0 Å². The van der Waals surface area contributed by atoms with Crippen LogP contribution in [0, 0.1) is 11.8 Å². The number of Topliss-reactive ketones (excluding diaryl/α,β-unsaturated/α-hetero) is 1. The van der Waals surface area contributed by atoms with Crippen molar-refractivity contribution < 1.29 is 33.4 Å². The van der Waals surface area contributed by atoms with Crippen molar-refractivity contribution in [3.05, 3.63) is 0 Å². The van der Waals surface area contributed by atoms with Crippen LogP contribution in [0.15, 0.2) is 0 Å². The van der Waals surface area contributed by atoms with Crippen LogP contribution in [-0.4, -0.2) is 93.5 Å². The number of ketones is 1. The largest absolute Gasteiger partial charge is 0.379 e. The number of nitrogens with zero attached hydrogens (tertiary/aromatic N) is 1. The minimum atomic E-state index is -0.348. The van der Waals surface area contributed by atoms with E-state index in [-0.39, 0.29) is 67.3 Å². The summed E-state index contributed by atoms with van der Waals surface area (Å²) in [6, 6.07) is 0.146. The number of hydrogen-bond donors (Lipinski definition) is 3. The van der Waals surface area contributed by atoms with Crippen molar-refractivity contribution in [2.24, 2.45) is 11.8 Å². The number of ether oxygens (including phenoxy) is 2. The lowest BCUT2D eigenvalue weighted by atomic mass is 9.83. The van der Waals surface area contributed by atoms with E-state index in [1.54, 1.807) is 7.05 Å². The molecule has 4 amide bonds. The molecule has 3 N–H and O–H groups in total. The molecule has 36 heavy (non-hydrogen) atoms. The standard InChI is InChI=1S/C25H42N4O7/c1-3-21(30)18-4-6-20(7-5-18)28-23(32)9-12-35-14-15-36-13-11-26-22(31)8-10-27-25(34)19-16-24(33)29(2)17-19/h18-20H,3-17H2,1-2H3,(H,26,31)(H,27,34)(H,28,32). The van der Waals surface area contributed by atoms with Crippen LogP contribution in [0.4, 0.5) is 0 Å². The zero-order valence-corrected chi connectivity index (χ0v) is 21.6. The van der Waals surface area contributed by atoms with Gasteiger partial charge < -0.3 is 30.3 Å². The highest BCUT2D eigenvalue weighted by Crippen LogP contribution is 2.25. The summed E-state index contributed by atoms with van der Waals surface area (Å²) in [5, 5.41) is 8.44. The van der Waals surface area contributed by atoms with E-state index in [0.717, 1.165) is 25.7 Å². The lowest BCUT2D eigenvalue weighted by Crippen LogP contribution is -2.39. The minimum Gasteiger partial charge on any atom is -0.379 e. The van der Waals surface area contributed by atoms with Crippen LogP contribution in [0.25, 0.3) is 0 Å². The summed E-state index contributed by atoms with van der Waals surface area (Å²) in [5.74, 6) is -0.334. The number of amides is 4. The lowest BCUT2D eigenvalue weighted by Gasteiger charge is -2.28. The van der Waals surface area contributed by atoms with Crippen molar-refractivity contribution in [2.45, 2.75) is 64.3 Å². The van der Waals surface area contributed by atoms with E-state index in [1.807, 2.05) is 6.92 Å². The Morgan fingerprint density at radius 3 is 2.19 bits per heavy atom. The Hall–Kier alpha value is -2.53. The molecule has 0 aromatic heterocycles. The van der Waals surface area contributed by atoms with Gasteiger partial charge in [0.05, 0.1) is 32.3 Å². The third kappa shape index (κ3) is 11.0. The van der Waals surface area contributed by atoms with E-state index in [2.05, 4.69) is 16.0 Å². The van der Waals surface area contributed by atoms with Crippen molar-refractivity contribution in [2.75, 3.05) is 53.1 Å². The van der Waals surface area contributed by atoms with Crippen LogP contribution in [0.5, 0.6) is 0 Å². The highest BCUT2D eigenvalue weighted by molar-refractivity contribution is 5.89.